The van der Waals surface area contributed by atoms with Crippen LogP contribution in [-0.2, 0) is 17.1 Å². The first kappa shape index (κ1) is 19.4. The van der Waals surface area contributed by atoms with E-state index in [0.717, 1.165) is 23.3 Å². The summed E-state index contributed by atoms with van der Waals surface area (Å²) < 4.78 is 63.9. The molecule has 2 fully saturated rings. The zero-order valence-corrected chi connectivity index (χ0v) is 16.2. The second-order valence-electron chi connectivity index (χ2n) is 7.57. The van der Waals surface area contributed by atoms with Gasteiger partial charge in [-0.25, -0.2) is 18.4 Å². The third kappa shape index (κ3) is 3.57. The van der Waals surface area contributed by atoms with Crippen molar-refractivity contribution >= 4 is 26.9 Å². The van der Waals surface area contributed by atoms with Gasteiger partial charge < -0.3 is 9.88 Å². The summed E-state index contributed by atoms with van der Waals surface area (Å²) in [5.41, 5.74) is -2.83. The van der Waals surface area contributed by atoms with E-state index >= 15 is 0 Å². The molecular formula is C17H22F3N5O2S. The molecule has 1 aliphatic heterocycles. The number of aryl methyl sites for hydroxylation is 1. The molecule has 0 aromatic carbocycles. The van der Waals surface area contributed by atoms with Gasteiger partial charge in [-0.05, 0) is 37.7 Å². The van der Waals surface area contributed by atoms with Crippen LogP contribution in [0, 0.1) is 5.92 Å². The molecule has 2 aliphatic rings. The number of piperidine rings is 1. The van der Waals surface area contributed by atoms with Crippen LogP contribution in [0.25, 0.3) is 11.0 Å². The van der Waals surface area contributed by atoms with E-state index in [-0.39, 0.29) is 19.0 Å². The van der Waals surface area contributed by atoms with Crippen molar-refractivity contribution in [1.82, 2.24) is 18.8 Å². The Balaban J connectivity index is 1.55. The molecule has 7 nitrogen and oxygen atoms in total. The SMILES string of the molecule is Cn1cnc2c(NCC3CC3)nc(C3CCN(S(=O)(=O)C(F)(F)F)CC3)cc21. The molecular weight excluding hydrogens is 395 g/mol. The van der Waals surface area contributed by atoms with Crippen LogP contribution in [0.4, 0.5) is 19.0 Å². The van der Waals surface area contributed by atoms with Gasteiger partial charge in [-0.3, -0.25) is 0 Å². The molecule has 11 heteroatoms. The van der Waals surface area contributed by atoms with Gasteiger partial charge >= 0.3 is 15.5 Å². The maximum atomic E-state index is 12.8. The minimum Gasteiger partial charge on any atom is -0.368 e. The van der Waals surface area contributed by atoms with Crippen molar-refractivity contribution in [2.75, 3.05) is 25.0 Å². The minimum atomic E-state index is -5.27. The van der Waals surface area contributed by atoms with Gasteiger partial charge in [0.25, 0.3) is 0 Å². The van der Waals surface area contributed by atoms with Crippen molar-refractivity contribution in [2.24, 2.45) is 13.0 Å². The number of sulfonamides is 1. The molecule has 0 atom stereocenters. The van der Waals surface area contributed by atoms with Crippen LogP contribution in [0.15, 0.2) is 12.4 Å². The summed E-state index contributed by atoms with van der Waals surface area (Å²) in [7, 11) is -3.39. The number of aromatic nitrogens is 3. The molecule has 4 rings (SSSR count). The molecule has 2 aromatic heterocycles. The maximum absolute atomic E-state index is 12.8. The summed E-state index contributed by atoms with van der Waals surface area (Å²) in [6, 6.07) is 1.91. The Bertz CT molecular complexity index is 977. The Morgan fingerprint density at radius 2 is 1.89 bits per heavy atom. The molecule has 1 saturated heterocycles. The fraction of sp³-hybridized carbons (Fsp3) is 0.647. The highest BCUT2D eigenvalue weighted by molar-refractivity contribution is 7.90. The molecule has 1 aliphatic carbocycles. The first-order valence-electron chi connectivity index (χ1n) is 9.29. The number of pyridine rings is 1. The highest BCUT2D eigenvalue weighted by atomic mass is 32.2. The molecule has 0 bridgehead atoms. The number of alkyl halides is 3. The number of anilines is 1. The van der Waals surface area contributed by atoms with E-state index in [2.05, 4.69) is 10.3 Å². The zero-order valence-electron chi connectivity index (χ0n) is 15.4. The number of hydrogen-bond acceptors (Lipinski definition) is 5. The van der Waals surface area contributed by atoms with Gasteiger partial charge in [-0.1, -0.05) is 0 Å². The molecule has 2 aromatic rings. The van der Waals surface area contributed by atoms with E-state index in [1.54, 1.807) is 6.33 Å². The van der Waals surface area contributed by atoms with Crippen LogP contribution in [-0.4, -0.2) is 52.4 Å². The average molecular weight is 417 g/mol. The minimum absolute atomic E-state index is 0.0968. The summed E-state index contributed by atoms with van der Waals surface area (Å²) in [6.45, 7) is 0.495. The lowest BCUT2D eigenvalue weighted by Gasteiger charge is -2.31. The van der Waals surface area contributed by atoms with Gasteiger partial charge in [0.05, 0.1) is 11.8 Å². The van der Waals surface area contributed by atoms with E-state index in [9.17, 15) is 21.6 Å². The van der Waals surface area contributed by atoms with Crippen molar-refractivity contribution < 1.29 is 21.6 Å². The number of hydrogen-bond donors (Lipinski definition) is 1. The normalized spacial score (nSPS) is 20.0. The van der Waals surface area contributed by atoms with Gasteiger partial charge in [0.1, 0.15) is 5.52 Å². The van der Waals surface area contributed by atoms with Crippen molar-refractivity contribution in [1.29, 1.82) is 0 Å². The Morgan fingerprint density at radius 3 is 2.50 bits per heavy atom. The predicted octanol–water partition coefficient (Wildman–Crippen LogP) is 2.82. The fourth-order valence-corrected chi connectivity index (χ4v) is 4.56. The molecule has 0 unspecified atom stereocenters. The lowest BCUT2D eigenvalue weighted by Crippen LogP contribution is -2.44. The third-order valence-electron chi connectivity index (χ3n) is 5.49. The molecule has 28 heavy (non-hydrogen) atoms. The van der Waals surface area contributed by atoms with Crippen LogP contribution in [0.3, 0.4) is 0 Å². The zero-order chi connectivity index (χ0) is 20.1. The largest absolute Gasteiger partial charge is 0.511 e. The number of imidazole rings is 1. The summed E-state index contributed by atoms with van der Waals surface area (Å²) in [5, 5.41) is 3.35. The molecule has 3 heterocycles. The maximum Gasteiger partial charge on any atom is 0.511 e. The van der Waals surface area contributed by atoms with Crippen LogP contribution >= 0.6 is 0 Å². The quantitative estimate of drug-likeness (QED) is 0.809. The Labute approximate surface area is 161 Å². The van der Waals surface area contributed by atoms with E-state index in [1.807, 2.05) is 17.7 Å². The fourth-order valence-electron chi connectivity index (χ4n) is 3.58. The number of fused-ring (bicyclic) bond motifs is 1. The number of rotatable bonds is 5. The molecule has 0 spiro atoms. The van der Waals surface area contributed by atoms with Crippen LogP contribution in [0.2, 0.25) is 0 Å². The number of halogens is 3. The Kier molecular flexibility index (Phi) is 4.77. The standard InChI is InChI=1S/C17H22F3N5O2S/c1-24-10-22-15-14(24)8-13(23-16(15)21-9-11-2-3-11)12-4-6-25(7-5-12)28(26,27)17(18,19)20/h8,10-12H,2-7,9H2,1H3,(H,21,23). The van der Waals surface area contributed by atoms with Gasteiger partial charge in [-0.15, -0.1) is 0 Å². The highest BCUT2D eigenvalue weighted by Crippen LogP contribution is 2.35. The third-order valence-corrected chi connectivity index (χ3v) is 7.12. The van der Waals surface area contributed by atoms with E-state index in [0.29, 0.717) is 28.9 Å². The Hall–Kier alpha value is -1.88. The van der Waals surface area contributed by atoms with Gasteiger partial charge in [0.15, 0.2) is 5.82 Å². The van der Waals surface area contributed by atoms with Crippen molar-refractivity contribution in [3.63, 3.8) is 0 Å². The van der Waals surface area contributed by atoms with Crippen molar-refractivity contribution in [2.45, 2.75) is 37.1 Å². The van der Waals surface area contributed by atoms with E-state index < -0.39 is 15.5 Å². The van der Waals surface area contributed by atoms with Gasteiger partial charge in [-0.2, -0.15) is 17.5 Å². The lowest BCUT2D eigenvalue weighted by molar-refractivity contribution is -0.0494. The van der Waals surface area contributed by atoms with Gasteiger partial charge in [0, 0.05) is 38.3 Å². The molecule has 1 saturated carbocycles. The first-order chi connectivity index (χ1) is 13.2. The average Bonchev–Trinajstić information content (AvgIpc) is 3.41. The molecule has 154 valence electrons. The first-order valence-corrected chi connectivity index (χ1v) is 10.7. The monoisotopic (exact) mass is 417 g/mol. The second kappa shape index (κ2) is 6.87. The van der Waals surface area contributed by atoms with Crippen molar-refractivity contribution in [3.8, 4) is 0 Å². The number of nitrogens with one attached hydrogen (secondary N) is 1. The highest BCUT2D eigenvalue weighted by Gasteiger charge is 2.50. The summed E-state index contributed by atoms with van der Waals surface area (Å²) in [6.07, 6.45) is 4.70. The van der Waals surface area contributed by atoms with Crippen LogP contribution in [0.5, 0.6) is 0 Å². The predicted molar refractivity (Wildman–Crippen MR) is 98.2 cm³/mol. The molecule has 0 amide bonds. The van der Waals surface area contributed by atoms with Crippen LogP contribution < -0.4 is 5.32 Å². The summed E-state index contributed by atoms with van der Waals surface area (Å²) >= 11 is 0. The van der Waals surface area contributed by atoms with E-state index in [1.165, 1.54) is 12.8 Å². The lowest BCUT2D eigenvalue weighted by atomic mass is 9.94. The van der Waals surface area contributed by atoms with E-state index in [4.69, 9.17) is 4.98 Å². The topological polar surface area (TPSA) is 80.1 Å². The molecule has 0 radical (unpaired) electrons. The smallest absolute Gasteiger partial charge is 0.368 e. The Morgan fingerprint density at radius 1 is 1.21 bits per heavy atom. The summed E-state index contributed by atoms with van der Waals surface area (Å²) in [4.78, 5) is 9.10. The number of nitrogens with zero attached hydrogens (tertiary/aromatic N) is 4. The van der Waals surface area contributed by atoms with Crippen LogP contribution in [0.1, 0.15) is 37.3 Å². The van der Waals surface area contributed by atoms with Gasteiger partial charge in [0.2, 0.25) is 0 Å². The van der Waals surface area contributed by atoms with Crippen molar-refractivity contribution in [3.05, 3.63) is 18.1 Å². The summed E-state index contributed by atoms with van der Waals surface area (Å²) in [5.74, 6) is 1.24. The second-order valence-corrected chi connectivity index (χ2v) is 9.50. The molecule has 1 N–H and O–H groups in total.